The van der Waals surface area contributed by atoms with Crippen LogP contribution in [-0.4, -0.2) is 43.5 Å². The Bertz CT molecular complexity index is 1410. The van der Waals surface area contributed by atoms with E-state index in [1.54, 1.807) is 6.07 Å². The molecule has 1 aromatic carbocycles. The third-order valence-corrected chi connectivity index (χ3v) is 5.96. The third-order valence-electron chi connectivity index (χ3n) is 5.96. The van der Waals surface area contributed by atoms with Gasteiger partial charge in [-0.2, -0.15) is 4.73 Å². The predicted molar refractivity (Wildman–Crippen MR) is 123 cm³/mol. The molecule has 35 heavy (non-hydrogen) atoms. The summed E-state index contributed by atoms with van der Waals surface area (Å²) in [5, 5.41) is 34.8. The maximum absolute atomic E-state index is 13.5. The first-order valence-corrected chi connectivity index (χ1v) is 10.6. The van der Waals surface area contributed by atoms with Gasteiger partial charge in [0, 0.05) is 24.0 Å². The third kappa shape index (κ3) is 4.19. The average molecular weight is 478 g/mol. The fraction of sp³-hybridized carbons (Fsp3) is 0.208. The number of pyridine rings is 2. The number of anilines is 1. The molecule has 0 bridgehead atoms. The van der Waals surface area contributed by atoms with Crippen LogP contribution < -0.4 is 15.5 Å². The normalized spacial score (nSPS) is 15.0. The lowest BCUT2D eigenvalue weighted by Gasteiger charge is -2.36. The largest absolute Gasteiger partial charge is 0.618 e. The van der Waals surface area contributed by atoms with Crippen molar-refractivity contribution in [1.29, 1.82) is 0 Å². The minimum absolute atomic E-state index is 0.156. The number of aromatic nitrogens is 2. The lowest BCUT2D eigenvalue weighted by Crippen LogP contribution is -2.55. The maximum atomic E-state index is 13.5. The van der Waals surface area contributed by atoms with Gasteiger partial charge >= 0.3 is 5.97 Å². The molecule has 0 saturated heterocycles. The van der Waals surface area contributed by atoms with Gasteiger partial charge in [-0.25, -0.2) is 4.79 Å². The number of carbonyl (C=O) groups excluding carboxylic acids is 2. The highest BCUT2D eigenvalue weighted by molar-refractivity contribution is 6.03. The van der Waals surface area contributed by atoms with Crippen LogP contribution in [0.25, 0.3) is 0 Å². The number of fused-ring (bicyclic) bond motifs is 1. The molecule has 0 radical (unpaired) electrons. The second-order valence-electron chi connectivity index (χ2n) is 8.25. The summed E-state index contributed by atoms with van der Waals surface area (Å²) in [5.74, 6) is -4.08. The zero-order chi connectivity index (χ0) is 25.4. The molecule has 1 aliphatic rings. The van der Waals surface area contributed by atoms with Gasteiger partial charge in [0.05, 0.1) is 6.54 Å². The molecule has 0 fully saturated rings. The Morgan fingerprint density at radius 3 is 2.46 bits per heavy atom. The van der Waals surface area contributed by atoms with Crippen LogP contribution in [0.1, 0.15) is 37.7 Å². The number of carbonyl (C=O) groups is 3. The molecule has 1 aliphatic heterocycles. The van der Waals surface area contributed by atoms with Crippen molar-refractivity contribution in [2.24, 2.45) is 0 Å². The second-order valence-corrected chi connectivity index (χ2v) is 8.25. The molecule has 1 unspecified atom stereocenters. The molecule has 0 spiro atoms. The zero-order valence-corrected chi connectivity index (χ0v) is 18.9. The smallest absolute Gasteiger partial charge is 0.341 e. The van der Waals surface area contributed by atoms with Gasteiger partial charge in [-0.1, -0.05) is 18.2 Å². The number of amides is 2. The minimum Gasteiger partial charge on any atom is -0.618 e. The van der Waals surface area contributed by atoms with Crippen molar-refractivity contribution < 1.29 is 29.3 Å². The van der Waals surface area contributed by atoms with Crippen molar-refractivity contribution in [3.05, 3.63) is 92.3 Å². The molecule has 1 atom stereocenters. The Hall–Kier alpha value is -4.67. The molecule has 2 aromatic heterocycles. The lowest BCUT2D eigenvalue weighted by atomic mass is 10.0. The van der Waals surface area contributed by atoms with Crippen molar-refractivity contribution in [3.8, 4) is 5.75 Å². The first kappa shape index (κ1) is 23.5. The van der Waals surface area contributed by atoms with E-state index in [4.69, 9.17) is 0 Å². The Kier molecular flexibility index (Phi) is 6.00. The summed E-state index contributed by atoms with van der Waals surface area (Å²) in [6.45, 7) is 3.08. The topological polar surface area (TPSA) is 156 Å². The molecule has 3 N–H and O–H groups in total. The van der Waals surface area contributed by atoms with E-state index < -0.39 is 46.3 Å². The highest BCUT2D eigenvalue weighted by atomic mass is 16.5. The van der Waals surface area contributed by atoms with Gasteiger partial charge in [0.1, 0.15) is 18.2 Å². The Balaban J connectivity index is 1.82. The SMILES string of the molecule is Cc1cccc(C)c1NC(=O)C1Cn2cc(C(=O)O)c(=O)c(O)c2C(=O)N1Cc1cccc[n+]1[O-]. The van der Waals surface area contributed by atoms with Crippen molar-refractivity contribution >= 4 is 23.5 Å². The van der Waals surface area contributed by atoms with Crippen LogP contribution in [-0.2, 0) is 17.9 Å². The van der Waals surface area contributed by atoms with Crippen molar-refractivity contribution in [1.82, 2.24) is 9.47 Å². The molecule has 3 aromatic rings. The highest BCUT2D eigenvalue weighted by Gasteiger charge is 2.40. The molecule has 11 nitrogen and oxygen atoms in total. The van der Waals surface area contributed by atoms with Gasteiger partial charge in [-0.05, 0) is 31.0 Å². The van der Waals surface area contributed by atoms with E-state index >= 15 is 0 Å². The lowest BCUT2D eigenvalue weighted by molar-refractivity contribution is -0.615. The number of carboxylic acids is 1. The first-order chi connectivity index (χ1) is 16.6. The molecule has 0 saturated carbocycles. The zero-order valence-electron chi connectivity index (χ0n) is 18.9. The van der Waals surface area contributed by atoms with Gasteiger partial charge in [-0.15, -0.1) is 0 Å². The Labute approximate surface area is 199 Å². The van der Waals surface area contributed by atoms with Gasteiger partial charge in [0.2, 0.25) is 17.0 Å². The molecule has 180 valence electrons. The standard InChI is InChI=1S/C24H22N4O7/c1-13-6-5-7-14(2)18(13)25-22(31)17-12-26-11-16(24(33)34)20(29)21(30)19(26)23(32)27(17)10-15-8-3-4-9-28(15)35/h3-9,11,17,30H,10,12H2,1-2H3,(H,25,31)(H,33,34). The summed E-state index contributed by atoms with van der Waals surface area (Å²) in [6.07, 6.45) is 2.18. The van der Waals surface area contributed by atoms with E-state index in [-0.39, 0.29) is 18.8 Å². The first-order valence-electron chi connectivity index (χ1n) is 10.6. The summed E-state index contributed by atoms with van der Waals surface area (Å²) in [6, 6.07) is 8.86. The van der Waals surface area contributed by atoms with Crippen LogP contribution in [0.5, 0.6) is 5.75 Å². The Morgan fingerprint density at radius 2 is 1.83 bits per heavy atom. The number of hydrogen-bond acceptors (Lipinski definition) is 6. The van der Waals surface area contributed by atoms with Gasteiger partial charge in [0.15, 0.2) is 17.6 Å². The molecule has 3 heterocycles. The van der Waals surface area contributed by atoms with E-state index in [0.29, 0.717) is 10.4 Å². The second kappa shape index (κ2) is 8.93. The minimum atomic E-state index is -1.58. The van der Waals surface area contributed by atoms with Crippen molar-refractivity contribution in [2.45, 2.75) is 33.0 Å². The quantitative estimate of drug-likeness (QED) is 0.367. The average Bonchev–Trinajstić information content (AvgIpc) is 2.81. The monoisotopic (exact) mass is 478 g/mol. The molecule has 0 aliphatic carbocycles. The van der Waals surface area contributed by atoms with Crippen LogP contribution in [0.4, 0.5) is 5.69 Å². The maximum Gasteiger partial charge on any atom is 0.341 e. The Morgan fingerprint density at radius 1 is 1.14 bits per heavy atom. The van der Waals surface area contributed by atoms with Gasteiger partial charge in [-0.3, -0.25) is 14.4 Å². The number of aromatic hydroxyl groups is 1. The van der Waals surface area contributed by atoms with Crippen LogP contribution in [0.3, 0.4) is 0 Å². The number of nitrogens with zero attached hydrogens (tertiary/aromatic N) is 3. The number of carboxylic acid groups (broad SMARTS) is 1. The van der Waals surface area contributed by atoms with E-state index in [2.05, 4.69) is 5.32 Å². The van der Waals surface area contributed by atoms with E-state index in [9.17, 15) is 34.6 Å². The van der Waals surface area contributed by atoms with E-state index in [0.717, 1.165) is 26.8 Å². The van der Waals surface area contributed by atoms with Crippen molar-refractivity contribution in [3.63, 3.8) is 0 Å². The summed E-state index contributed by atoms with van der Waals surface area (Å²) in [5.41, 5.74) is -0.100. The van der Waals surface area contributed by atoms with E-state index in [1.165, 1.54) is 18.3 Å². The highest BCUT2D eigenvalue weighted by Crippen LogP contribution is 2.27. The molecular formula is C24H22N4O7. The summed E-state index contributed by atoms with van der Waals surface area (Å²) in [4.78, 5) is 51.8. The van der Waals surface area contributed by atoms with Crippen LogP contribution >= 0.6 is 0 Å². The van der Waals surface area contributed by atoms with Crippen molar-refractivity contribution in [2.75, 3.05) is 5.32 Å². The van der Waals surface area contributed by atoms with Gasteiger partial charge in [0.25, 0.3) is 5.91 Å². The van der Waals surface area contributed by atoms with Gasteiger partial charge < -0.3 is 30.2 Å². The molecule has 2 amide bonds. The van der Waals surface area contributed by atoms with Crippen LogP contribution in [0.2, 0.25) is 0 Å². The fourth-order valence-corrected chi connectivity index (χ4v) is 4.12. The number of hydrogen-bond donors (Lipinski definition) is 3. The number of rotatable bonds is 5. The number of aryl methyl sites for hydroxylation is 2. The predicted octanol–water partition coefficient (Wildman–Crippen LogP) is 1.17. The molecule has 4 rings (SSSR count). The summed E-state index contributed by atoms with van der Waals surface area (Å²) in [7, 11) is 0. The van der Waals surface area contributed by atoms with Crippen LogP contribution in [0, 0.1) is 19.1 Å². The number of benzene rings is 1. The van der Waals surface area contributed by atoms with Crippen LogP contribution in [0.15, 0.2) is 53.6 Å². The molecular weight excluding hydrogens is 456 g/mol. The summed E-state index contributed by atoms with van der Waals surface area (Å²) < 4.78 is 1.63. The molecule has 11 heteroatoms. The number of nitrogens with one attached hydrogen (secondary N) is 1. The number of para-hydroxylation sites is 1. The fourth-order valence-electron chi connectivity index (χ4n) is 4.12. The van der Waals surface area contributed by atoms with E-state index in [1.807, 2.05) is 32.0 Å². The number of aromatic carboxylic acids is 1. The summed E-state index contributed by atoms with van der Waals surface area (Å²) >= 11 is 0.